The Morgan fingerprint density at radius 3 is 2.30 bits per heavy atom. The maximum Gasteiger partial charge on any atom is 0.410 e. The maximum absolute atomic E-state index is 12.5. The number of hydrogen-bond acceptors (Lipinski definition) is 4. The summed E-state index contributed by atoms with van der Waals surface area (Å²) in [5.41, 5.74) is 1.94. The fourth-order valence-corrected chi connectivity index (χ4v) is 3.71. The third-order valence-corrected chi connectivity index (χ3v) is 5.31. The molecule has 0 bridgehead atoms. The molecule has 1 unspecified atom stereocenters. The first-order chi connectivity index (χ1) is 12.7. The molecule has 1 atom stereocenters. The van der Waals surface area contributed by atoms with Crippen molar-refractivity contribution in [2.24, 2.45) is 5.92 Å². The van der Waals surface area contributed by atoms with E-state index in [4.69, 9.17) is 4.74 Å². The summed E-state index contributed by atoms with van der Waals surface area (Å²) < 4.78 is 5.57. The summed E-state index contributed by atoms with van der Waals surface area (Å²) in [7, 11) is 1.84. The summed E-state index contributed by atoms with van der Waals surface area (Å²) in [6.07, 6.45) is 3.38. The molecule has 27 heavy (non-hydrogen) atoms. The number of ether oxygens (including phenoxy) is 1. The van der Waals surface area contributed by atoms with Crippen LogP contribution in [0.2, 0.25) is 0 Å². The van der Waals surface area contributed by atoms with Crippen LogP contribution in [0.25, 0.3) is 0 Å². The van der Waals surface area contributed by atoms with E-state index in [0.717, 1.165) is 32.5 Å². The third-order valence-electron chi connectivity index (χ3n) is 5.31. The van der Waals surface area contributed by atoms with Crippen LogP contribution in [0.5, 0.6) is 0 Å². The molecule has 1 aromatic rings. The number of likely N-dealkylation sites (tertiary alicyclic amines) is 1. The number of hydrogen-bond donors (Lipinski definition) is 0. The second-order valence-corrected chi connectivity index (χ2v) is 8.93. The smallest absolute Gasteiger partial charge is 0.410 e. The molecular formula is C22H32N2O3. The lowest BCUT2D eigenvalue weighted by molar-refractivity contribution is -0.121. The van der Waals surface area contributed by atoms with Crippen molar-refractivity contribution in [3.8, 4) is 0 Å². The Hall–Kier alpha value is -1.88. The van der Waals surface area contributed by atoms with Crippen molar-refractivity contribution in [1.82, 2.24) is 9.80 Å². The monoisotopic (exact) mass is 372 g/mol. The van der Waals surface area contributed by atoms with Gasteiger partial charge in [0.25, 0.3) is 0 Å². The van der Waals surface area contributed by atoms with Gasteiger partial charge in [0.05, 0.1) is 6.04 Å². The molecule has 3 rings (SSSR count). The molecule has 1 heterocycles. The van der Waals surface area contributed by atoms with Gasteiger partial charge in [-0.1, -0.05) is 24.3 Å². The summed E-state index contributed by atoms with van der Waals surface area (Å²) in [5, 5.41) is 0. The number of piperidine rings is 1. The molecule has 0 aromatic heterocycles. The lowest BCUT2D eigenvalue weighted by atomic mass is 9.99. The Kier molecular flexibility index (Phi) is 5.89. The van der Waals surface area contributed by atoms with Crippen molar-refractivity contribution >= 4 is 11.9 Å². The zero-order valence-corrected chi connectivity index (χ0v) is 17.0. The quantitative estimate of drug-likeness (QED) is 0.778. The minimum Gasteiger partial charge on any atom is -0.444 e. The predicted molar refractivity (Wildman–Crippen MR) is 105 cm³/mol. The number of amides is 1. The van der Waals surface area contributed by atoms with Crippen LogP contribution < -0.4 is 0 Å². The molecule has 1 aromatic carbocycles. The van der Waals surface area contributed by atoms with Gasteiger partial charge in [-0.3, -0.25) is 9.69 Å². The Morgan fingerprint density at radius 1 is 1.19 bits per heavy atom. The number of nitrogens with zero attached hydrogens (tertiary/aromatic N) is 2. The molecule has 1 aliphatic heterocycles. The van der Waals surface area contributed by atoms with Crippen LogP contribution in [0.4, 0.5) is 4.79 Å². The Balaban J connectivity index is 1.66. The SMILES string of the molecule is CN(C(=O)OC(C)(C)C)C(c1ccc(CN2CCC(=O)CC2)cc1)C1CC1. The van der Waals surface area contributed by atoms with E-state index in [2.05, 4.69) is 29.2 Å². The molecule has 5 heteroatoms. The van der Waals surface area contributed by atoms with E-state index in [-0.39, 0.29) is 12.1 Å². The van der Waals surface area contributed by atoms with E-state index in [0.29, 0.717) is 24.5 Å². The van der Waals surface area contributed by atoms with Gasteiger partial charge in [0, 0.05) is 39.5 Å². The number of carbonyl (C=O) groups is 2. The third kappa shape index (κ3) is 5.55. The molecule has 5 nitrogen and oxygen atoms in total. The van der Waals surface area contributed by atoms with E-state index < -0.39 is 5.60 Å². The molecule has 1 aliphatic carbocycles. The van der Waals surface area contributed by atoms with Crippen molar-refractivity contribution in [3.05, 3.63) is 35.4 Å². The second kappa shape index (κ2) is 8.01. The minimum absolute atomic E-state index is 0.0708. The van der Waals surface area contributed by atoms with Crippen molar-refractivity contribution in [3.63, 3.8) is 0 Å². The minimum atomic E-state index is -0.487. The number of rotatable bonds is 5. The van der Waals surface area contributed by atoms with Crippen LogP contribution in [0, 0.1) is 5.92 Å². The number of carbonyl (C=O) groups excluding carboxylic acids is 2. The molecule has 0 spiro atoms. The molecule has 1 saturated carbocycles. The van der Waals surface area contributed by atoms with Gasteiger partial charge in [-0.05, 0) is 50.7 Å². The van der Waals surface area contributed by atoms with E-state index in [1.54, 1.807) is 4.90 Å². The van der Waals surface area contributed by atoms with E-state index >= 15 is 0 Å². The van der Waals surface area contributed by atoms with Crippen LogP contribution in [0.1, 0.15) is 63.6 Å². The van der Waals surface area contributed by atoms with Crippen LogP contribution in [0.15, 0.2) is 24.3 Å². The summed E-state index contributed by atoms with van der Waals surface area (Å²) in [6, 6.07) is 8.68. The second-order valence-electron chi connectivity index (χ2n) is 8.93. The normalized spacial score (nSPS) is 19.6. The topological polar surface area (TPSA) is 49.9 Å². The largest absolute Gasteiger partial charge is 0.444 e. The molecule has 2 aliphatic rings. The molecule has 148 valence electrons. The highest BCUT2D eigenvalue weighted by Gasteiger charge is 2.38. The fraction of sp³-hybridized carbons (Fsp3) is 0.636. The van der Waals surface area contributed by atoms with E-state index in [9.17, 15) is 9.59 Å². The summed E-state index contributed by atoms with van der Waals surface area (Å²) in [6.45, 7) is 8.28. The average Bonchev–Trinajstić information content (AvgIpc) is 3.42. The highest BCUT2D eigenvalue weighted by atomic mass is 16.6. The maximum atomic E-state index is 12.5. The van der Waals surface area contributed by atoms with Crippen molar-refractivity contribution in [1.29, 1.82) is 0 Å². The number of benzene rings is 1. The van der Waals surface area contributed by atoms with Crippen LogP contribution in [-0.4, -0.2) is 47.4 Å². The van der Waals surface area contributed by atoms with Crippen molar-refractivity contribution in [2.45, 2.75) is 64.6 Å². The summed E-state index contributed by atoms with van der Waals surface area (Å²) >= 11 is 0. The van der Waals surface area contributed by atoms with Gasteiger partial charge in [-0.2, -0.15) is 0 Å². The van der Waals surface area contributed by atoms with E-state index in [1.807, 2.05) is 27.8 Å². The standard InChI is InChI=1S/C22H32N2O3/c1-22(2,3)27-21(26)23(4)20(18-9-10-18)17-7-5-16(6-8-17)15-24-13-11-19(25)12-14-24/h5-8,18,20H,9-15H2,1-4H3. The first kappa shape index (κ1) is 19.9. The lowest BCUT2D eigenvalue weighted by Crippen LogP contribution is -2.37. The first-order valence-corrected chi connectivity index (χ1v) is 10.0. The van der Waals surface area contributed by atoms with Gasteiger partial charge >= 0.3 is 6.09 Å². The zero-order chi connectivity index (χ0) is 19.6. The lowest BCUT2D eigenvalue weighted by Gasteiger charge is -2.31. The highest BCUT2D eigenvalue weighted by Crippen LogP contribution is 2.44. The van der Waals surface area contributed by atoms with Gasteiger partial charge in [0.1, 0.15) is 11.4 Å². The Labute approximate surface area is 162 Å². The zero-order valence-electron chi connectivity index (χ0n) is 17.0. The van der Waals surface area contributed by atoms with Crippen LogP contribution in [0.3, 0.4) is 0 Å². The van der Waals surface area contributed by atoms with Crippen LogP contribution >= 0.6 is 0 Å². The Morgan fingerprint density at radius 2 is 1.78 bits per heavy atom. The number of Topliss-reactive ketones (excluding diaryl/α,β-unsaturated/α-hetero) is 1. The van der Waals surface area contributed by atoms with Gasteiger partial charge in [0.2, 0.25) is 0 Å². The van der Waals surface area contributed by atoms with Crippen LogP contribution in [-0.2, 0) is 16.1 Å². The Bertz CT molecular complexity index is 664. The van der Waals surface area contributed by atoms with Gasteiger partial charge < -0.3 is 9.64 Å². The fourth-order valence-electron chi connectivity index (χ4n) is 3.71. The van der Waals surface area contributed by atoms with Crippen molar-refractivity contribution in [2.75, 3.05) is 20.1 Å². The first-order valence-electron chi connectivity index (χ1n) is 10.0. The van der Waals surface area contributed by atoms with Gasteiger partial charge in [-0.25, -0.2) is 4.79 Å². The highest BCUT2D eigenvalue weighted by molar-refractivity contribution is 5.79. The predicted octanol–water partition coefficient (Wildman–Crippen LogP) is 4.17. The molecular weight excluding hydrogens is 340 g/mol. The summed E-state index contributed by atoms with van der Waals surface area (Å²) in [5.74, 6) is 0.889. The number of ketones is 1. The molecule has 0 N–H and O–H groups in total. The van der Waals surface area contributed by atoms with Gasteiger partial charge in [-0.15, -0.1) is 0 Å². The molecule has 0 radical (unpaired) electrons. The molecule has 1 amide bonds. The summed E-state index contributed by atoms with van der Waals surface area (Å²) in [4.78, 5) is 28.0. The molecule has 1 saturated heterocycles. The molecule has 2 fully saturated rings. The average molecular weight is 373 g/mol. The van der Waals surface area contributed by atoms with Gasteiger partial charge in [0.15, 0.2) is 0 Å². The van der Waals surface area contributed by atoms with E-state index in [1.165, 1.54) is 11.1 Å². The van der Waals surface area contributed by atoms with Crippen molar-refractivity contribution < 1.29 is 14.3 Å².